The second kappa shape index (κ2) is 9.32. The third-order valence-electron chi connectivity index (χ3n) is 5.11. The molecule has 160 valence electrons. The van der Waals surface area contributed by atoms with E-state index in [1.165, 1.54) is 0 Å². The fraction of sp³-hybridized carbons (Fsp3) is 0.208. The van der Waals surface area contributed by atoms with E-state index in [0.717, 1.165) is 18.6 Å². The zero-order chi connectivity index (χ0) is 21.7. The van der Waals surface area contributed by atoms with Gasteiger partial charge in [-0.1, -0.05) is 30.3 Å². The third kappa shape index (κ3) is 5.51. The van der Waals surface area contributed by atoms with Gasteiger partial charge in [0.15, 0.2) is 0 Å². The van der Waals surface area contributed by atoms with E-state index in [0.29, 0.717) is 35.7 Å². The highest BCUT2D eigenvalue weighted by atomic mass is 32.2. The van der Waals surface area contributed by atoms with Gasteiger partial charge in [-0.05, 0) is 66.9 Å². The Morgan fingerprint density at radius 1 is 0.839 bits per heavy atom. The van der Waals surface area contributed by atoms with E-state index in [1.54, 1.807) is 52.8 Å². The van der Waals surface area contributed by atoms with Gasteiger partial charge in [-0.3, -0.25) is 4.79 Å². The molecule has 0 bridgehead atoms. The number of ether oxygens (including phenoxy) is 1. The molecule has 0 unspecified atom stereocenters. The van der Waals surface area contributed by atoms with Crippen LogP contribution in [0.4, 0.5) is 5.69 Å². The van der Waals surface area contributed by atoms with E-state index >= 15 is 0 Å². The van der Waals surface area contributed by atoms with Crippen molar-refractivity contribution in [3.63, 3.8) is 0 Å². The van der Waals surface area contributed by atoms with E-state index < -0.39 is 10.0 Å². The molecule has 1 amide bonds. The number of sulfonamides is 1. The van der Waals surface area contributed by atoms with E-state index in [1.807, 2.05) is 30.3 Å². The van der Waals surface area contributed by atoms with Crippen molar-refractivity contribution in [3.8, 4) is 11.5 Å². The fourth-order valence-corrected chi connectivity index (χ4v) is 5.07. The molecular formula is C24H24N2O4S. The number of hydrogen-bond acceptors (Lipinski definition) is 4. The summed E-state index contributed by atoms with van der Waals surface area (Å²) in [4.78, 5) is 12.5. The highest BCUT2D eigenvalue weighted by Gasteiger charge is 2.25. The number of carbonyl (C=O) groups excluding carboxylic acids is 1. The van der Waals surface area contributed by atoms with Gasteiger partial charge in [0.05, 0.1) is 5.75 Å². The van der Waals surface area contributed by atoms with Crippen molar-refractivity contribution in [1.29, 1.82) is 0 Å². The number of amides is 1. The first kappa shape index (κ1) is 21.1. The molecule has 7 heteroatoms. The van der Waals surface area contributed by atoms with Crippen LogP contribution < -0.4 is 10.1 Å². The molecule has 0 spiro atoms. The van der Waals surface area contributed by atoms with Crippen LogP contribution in [0.5, 0.6) is 11.5 Å². The molecule has 4 rings (SSSR count). The molecule has 1 aliphatic rings. The molecule has 6 nitrogen and oxygen atoms in total. The molecule has 0 saturated carbocycles. The lowest BCUT2D eigenvalue weighted by Gasteiger charge is -2.15. The molecule has 3 aromatic rings. The number of benzene rings is 3. The highest BCUT2D eigenvalue weighted by molar-refractivity contribution is 7.88. The zero-order valence-corrected chi connectivity index (χ0v) is 17.8. The average Bonchev–Trinajstić information content (AvgIpc) is 3.32. The summed E-state index contributed by atoms with van der Waals surface area (Å²) in [6.45, 7) is 1.19. The number of nitrogens with zero attached hydrogens (tertiary/aromatic N) is 1. The second-order valence-corrected chi connectivity index (χ2v) is 9.42. The zero-order valence-electron chi connectivity index (χ0n) is 17.0. The average molecular weight is 437 g/mol. The first-order valence-electron chi connectivity index (χ1n) is 10.2. The van der Waals surface area contributed by atoms with E-state index in [4.69, 9.17) is 4.74 Å². The van der Waals surface area contributed by atoms with Crippen LogP contribution in [-0.4, -0.2) is 31.7 Å². The van der Waals surface area contributed by atoms with Crippen molar-refractivity contribution >= 4 is 21.6 Å². The summed E-state index contributed by atoms with van der Waals surface area (Å²) in [5.74, 6) is 1.11. The molecule has 0 radical (unpaired) electrons. The maximum Gasteiger partial charge on any atom is 0.255 e. The van der Waals surface area contributed by atoms with Crippen molar-refractivity contribution in [3.05, 3.63) is 90.0 Å². The molecule has 1 aliphatic heterocycles. The minimum atomic E-state index is -3.30. The van der Waals surface area contributed by atoms with Crippen LogP contribution in [0.3, 0.4) is 0 Å². The molecule has 0 aromatic heterocycles. The third-order valence-corrected chi connectivity index (χ3v) is 6.96. The Morgan fingerprint density at radius 3 is 2.10 bits per heavy atom. The second-order valence-electron chi connectivity index (χ2n) is 7.45. The van der Waals surface area contributed by atoms with Gasteiger partial charge in [-0.2, -0.15) is 0 Å². The Bertz CT molecular complexity index is 1120. The summed E-state index contributed by atoms with van der Waals surface area (Å²) < 4.78 is 32.2. The highest BCUT2D eigenvalue weighted by Crippen LogP contribution is 2.23. The summed E-state index contributed by atoms with van der Waals surface area (Å²) in [5.41, 5.74) is 1.78. The van der Waals surface area contributed by atoms with Gasteiger partial charge in [-0.15, -0.1) is 0 Å². The Balaban J connectivity index is 1.35. The normalized spacial score (nSPS) is 14.3. The lowest BCUT2D eigenvalue weighted by molar-refractivity contribution is 0.102. The summed E-state index contributed by atoms with van der Waals surface area (Å²) >= 11 is 0. The van der Waals surface area contributed by atoms with Crippen LogP contribution in [0.25, 0.3) is 0 Å². The topological polar surface area (TPSA) is 75.7 Å². The Kier molecular flexibility index (Phi) is 6.34. The first-order valence-corrected chi connectivity index (χ1v) is 11.8. The van der Waals surface area contributed by atoms with Crippen LogP contribution in [0.15, 0.2) is 78.9 Å². The predicted molar refractivity (Wildman–Crippen MR) is 121 cm³/mol. The van der Waals surface area contributed by atoms with Gasteiger partial charge in [0.1, 0.15) is 11.5 Å². The van der Waals surface area contributed by atoms with Gasteiger partial charge in [-0.25, -0.2) is 12.7 Å². The van der Waals surface area contributed by atoms with Crippen LogP contribution in [-0.2, 0) is 15.8 Å². The number of para-hydroxylation sites is 1. The number of hydrogen-bond donors (Lipinski definition) is 1. The molecule has 1 heterocycles. The van der Waals surface area contributed by atoms with Crippen LogP contribution in [0.1, 0.15) is 28.8 Å². The molecular weight excluding hydrogens is 412 g/mol. The summed E-state index contributed by atoms with van der Waals surface area (Å²) in [6, 6.07) is 23.3. The Morgan fingerprint density at radius 2 is 1.45 bits per heavy atom. The minimum Gasteiger partial charge on any atom is -0.457 e. The summed E-state index contributed by atoms with van der Waals surface area (Å²) in [7, 11) is -3.30. The van der Waals surface area contributed by atoms with E-state index in [9.17, 15) is 13.2 Å². The Hall–Kier alpha value is -3.16. The maximum atomic E-state index is 12.5. The van der Waals surface area contributed by atoms with Crippen LogP contribution in [0, 0.1) is 0 Å². The first-order chi connectivity index (χ1) is 15.0. The lowest BCUT2D eigenvalue weighted by atomic mass is 10.1. The number of rotatable bonds is 7. The van der Waals surface area contributed by atoms with Gasteiger partial charge < -0.3 is 10.1 Å². The quantitative estimate of drug-likeness (QED) is 0.585. The minimum absolute atomic E-state index is 0.0439. The number of nitrogens with one attached hydrogen (secondary N) is 1. The van der Waals surface area contributed by atoms with Gasteiger partial charge in [0.25, 0.3) is 5.91 Å². The van der Waals surface area contributed by atoms with Gasteiger partial charge in [0, 0.05) is 24.3 Å². The van der Waals surface area contributed by atoms with Gasteiger partial charge >= 0.3 is 0 Å². The molecule has 31 heavy (non-hydrogen) atoms. The fourth-order valence-electron chi connectivity index (χ4n) is 3.45. The van der Waals surface area contributed by atoms with Crippen molar-refractivity contribution in [2.75, 3.05) is 18.4 Å². The molecule has 3 aromatic carbocycles. The molecule has 0 aliphatic carbocycles. The summed E-state index contributed by atoms with van der Waals surface area (Å²) in [6.07, 6.45) is 1.83. The molecule has 1 saturated heterocycles. The molecule has 1 N–H and O–H groups in total. The number of anilines is 1. The van der Waals surface area contributed by atoms with Crippen molar-refractivity contribution in [2.45, 2.75) is 18.6 Å². The smallest absolute Gasteiger partial charge is 0.255 e. The summed E-state index contributed by atoms with van der Waals surface area (Å²) in [5, 5.41) is 2.84. The van der Waals surface area contributed by atoms with E-state index in [2.05, 4.69) is 5.32 Å². The monoisotopic (exact) mass is 436 g/mol. The maximum absolute atomic E-state index is 12.5. The largest absolute Gasteiger partial charge is 0.457 e. The number of carbonyl (C=O) groups is 1. The Labute approximate surface area is 182 Å². The molecule has 0 atom stereocenters. The van der Waals surface area contributed by atoms with E-state index in [-0.39, 0.29) is 11.7 Å². The molecule has 1 fully saturated rings. The van der Waals surface area contributed by atoms with Crippen molar-refractivity contribution in [1.82, 2.24) is 4.31 Å². The predicted octanol–water partition coefficient (Wildman–Crippen LogP) is 4.66. The van der Waals surface area contributed by atoms with Gasteiger partial charge in [0.2, 0.25) is 10.0 Å². The van der Waals surface area contributed by atoms with Crippen LogP contribution >= 0.6 is 0 Å². The van der Waals surface area contributed by atoms with Crippen LogP contribution in [0.2, 0.25) is 0 Å². The van der Waals surface area contributed by atoms with Crippen molar-refractivity contribution in [2.24, 2.45) is 0 Å². The standard InChI is InChI=1S/C24H24N2O4S/c27-24(25-21-12-14-23(15-13-21)30-22-6-2-1-3-7-22)20-10-8-19(9-11-20)18-31(28,29)26-16-4-5-17-26/h1-3,6-15H,4-5,16-18H2,(H,25,27). The van der Waals surface area contributed by atoms with Crippen molar-refractivity contribution < 1.29 is 17.9 Å². The SMILES string of the molecule is O=C(Nc1ccc(Oc2ccccc2)cc1)c1ccc(CS(=O)(=O)N2CCCC2)cc1. The lowest BCUT2D eigenvalue weighted by Crippen LogP contribution is -2.29.